The molecule has 0 aliphatic rings. The zero-order chi connectivity index (χ0) is 19.7. The minimum absolute atomic E-state index is 0.121. The van der Waals surface area contributed by atoms with Crippen molar-refractivity contribution in [2.24, 2.45) is 5.73 Å². The van der Waals surface area contributed by atoms with Gasteiger partial charge < -0.3 is 20.5 Å². The van der Waals surface area contributed by atoms with Gasteiger partial charge >= 0.3 is 0 Å². The number of carbonyl (C=O) groups excluding carboxylic acids is 2. The van der Waals surface area contributed by atoms with Gasteiger partial charge in [0.1, 0.15) is 18.0 Å². The Morgan fingerprint density at radius 3 is 2.38 bits per heavy atom. The van der Waals surface area contributed by atoms with E-state index in [9.17, 15) is 9.59 Å². The largest absolute Gasteiger partial charge is 0.486 e. The number of aryl methyl sites for hydroxylation is 2. The number of nitrogens with one attached hydrogen (secondary N) is 1. The highest BCUT2D eigenvalue weighted by atomic mass is 16.5. The van der Waals surface area contributed by atoms with E-state index in [1.54, 1.807) is 26.0 Å². The molecule has 0 radical (unpaired) electrons. The fraction of sp³-hybridized carbons (Fsp3) is 0.632. The van der Waals surface area contributed by atoms with Crippen molar-refractivity contribution in [2.75, 3.05) is 20.3 Å². The number of hydrogen-bond acceptors (Lipinski definition) is 6. The van der Waals surface area contributed by atoms with Crippen molar-refractivity contribution in [1.29, 1.82) is 0 Å². The maximum atomic E-state index is 12.6. The summed E-state index contributed by atoms with van der Waals surface area (Å²) in [5.41, 5.74) is 6.16. The lowest BCUT2D eigenvalue weighted by molar-refractivity contribution is -0.142. The van der Waals surface area contributed by atoms with Crippen LogP contribution in [0.4, 0.5) is 0 Å². The second kappa shape index (κ2) is 10.2. The van der Waals surface area contributed by atoms with Gasteiger partial charge in [0.05, 0.1) is 6.04 Å². The fourth-order valence-electron chi connectivity index (χ4n) is 2.37. The van der Waals surface area contributed by atoms with Crippen molar-refractivity contribution in [1.82, 2.24) is 10.3 Å². The molecule has 1 atom stereocenters. The molecule has 1 aromatic rings. The van der Waals surface area contributed by atoms with Gasteiger partial charge in [-0.25, -0.2) is 0 Å². The average Bonchev–Trinajstić information content (AvgIpc) is 2.57. The van der Waals surface area contributed by atoms with Crippen LogP contribution in [0.3, 0.4) is 0 Å². The third-order valence-electron chi connectivity index (χ3n) is 4.13. The van der Waals surface area contributed by atoms with E-state index in [0.29, 0.717) is 18.7 Å². The van der Waals surface area contributed by atoms with Gasteiger partial charge in [-0.15, -0.1) is 0 Å². The molecule has 0 fully saturated rings. The first-order valence-electron chi connectivity index (χ1n) is 8.86. The van der Waals surface area contributed by atoms with Gasteiger partial charge in [0.15, 0.2) is 5.78 Å². The van der Waals surface area contributed by atoms with Gasteiger partial charge in [0.25, 0.3) is 5.91 Å². The van der Waals surface area contributed by atoms with Gasteiger partial charge in [-0.3, -0.25) is 14.6 Å². The SMILES string of the molecule is COC(C)(C)C(=O)NC(CCCCN)C(=O)COc1cc(C)nc(C)c1. The highest BCUT2D eigenvalue weighted by molar-refractivity contribution is 5.92. The quantitative estimate of drug-likeness (QED) is 0.578. The Bertz CT molecular complexity index is 597. The van der Waals surface area contributed by atoms with E-state index in [-0.39, 0.29) is 18.3 Å². The number of rotatable bonds is 11. The molecule has 146 valence electrons. The standard InChI is InChI=1S/C19H31N3O4/c1-13-10-15(11-14(2)21-13)26-12-17(23)16(8-6-7-9-20)22-18(24)19(3,4)25-5/h10-11,16H,6-9,12,20H2,1-5H3,(H,22,24). The fourth-order valence-corrected chi connectivity index (χ4v) is 2.37. The molecular weight excluding hydrogens is 334 g/mol. The van der Waals surface area contributed by atoms with Crippen molar-refractivity contribution < 1.29 is 19.1 Å². The molecule has 0 spiro atoms. The normalized spacial score (nSPS) is 12.5. The topological polar surface area (TPSA) is 104 Å². The molecule has 0 aliphatic carbocycles. The smallest absolute Gasteiger partial charge is 0.252 e. The van der Waals surface area contributed by atoms with E-state index in [1.165, 1.54) is 7.11 Å². The second-order valence-electron chi connectivity index (χ2n) is 6.87. The van der Waals surface area contributed by atoms with Gasteiger partial charge in [-0.05, 0) is 53.5 Å². The summed E-state index contributed by atoms with van der Waals surface area (Å²) in [7, 11) is 1.46. The summed E-state index contributed by atoms with van der Waals surface area (Å²) in [6, 6.07) is 2.92. The first kappa shape index (κ1) is 22.1. The van der Waals surface area contributed by atoms with Crippen LogP contribution in [0.5, 0.6) is 5.75 Å². The number of unbranched alkanes of at least 4 members (excludes halogenated alkanes) is 1. The highest BCUT2D eigenvalue weighted by Crippen LogP contribution is 2.14. The van der Waals surface area contributed by atoms with Gasteiger partial charge in [-0.1, -0.05) is 0 Å². The van der Waals surface area contributed by atoms with Crippen LogP contribution < -0.4 is 15.8 Å². The highest BCUT2D eigenvalue weighted by Gasteiger charge is 2.31. The van der Waals surface area contributed by atoms with E-state index >= 15 is 0 Å². The molecular formula is C19H31N3O4. The monoisotopic (exact) mass is 365 g/mol. The molecule has 7 heteroatoms. The van der Waals surface area contributed by atoms with Crippen LogP contribution in [-0.4, -0.2) is 48.6 Å². The number of ketones is 1. The minimum atomic E-state index is -1.01. The molecule has 1 rings (SSSR count). The zero-order valence-corrected chi connectivity index (χ0v) is 16.4. The van der Waals surface area contributed by atoms with Gasteiger partial charge in [-0.2, -0.15) is 0 Å². The van der Waals surface area contributed by atoms with Crippen LogP contribution in [0, 0.1) is 13.8 Å². The third kappa shape index (κ3) is 7.09. The molecule has 1 aromatic heterocycles. The van der Waals surface area contributed by atoms with E-state index in [0.717, 1.165) is 24.2 Å². The molecule has 3 N–H and O–H groups in total. The number of amides is 1. The van der Waals surface area contributed by atoms with Crippen LogP contribution in [0.25, 0.3) is 0 Å². The number of nitrogens with zero attached hydrogens (tertiary/aromatic N) is 1. The summed E-state index contributed by atoms with van der Waals surface area (Å²) in [4.78, 5) is 29.2. The summed E-state index contributed by atoms with van der Waals surface area (Å²) in [5, 5.41) is 2.78. The Morgan fingerprint density at radius 2 is 1.85 bits per heavy atom. The van der Waals surface area contributed by atoms with Crippen molar-refractivity contribution in [3.8, 4) is 5.75 Å². The minimum Gasteiger partial charge on any atom is -0.486 e. The summed E-state index contributed by atoms with van der Waals surface area (Å²) < 4.78 is 10.8. The lowest BCUT2D eigenvalue weighted by Crippen LogP contribution is -2.51. The number of aromatic nitrogens is 1. The second-order valence-corrected chi connectivity index (χ2v) is 6.87. The van der Waals surface area contributed by atoms with Crippen LogP contribution in [-0.2, 0) is 14.3 Å². The molecule has 1 heterocycles. The Balaban J connectivity index is 2.74. The first-order valence-corrected chi connectivity index (χ1v) is 8.86. The number of methoxy groups -OCH3 is 1. The Morgan fingerprint density at radius 1 is 1.23 bits per heavy atom. The third-order valence-corrected chi connectivity index (χ3v) is 4.13. The zero-order valence-electron chi connectivity index (χ0n) is 16.4. The maximum Gasteiger partial charge on any atom is 0.252 e. The van der Waals surface area contributed by atoms with Crippen molar-refractivity contribution in [3.63, 3.8) is 0 Å². The lowest BCUT2D eigenvalue weighted by Gasteiger charge is -2.25. The molecule has 0 saturated carbocycles. The average molecular weight is 365 g/mol. The summed E-state index contributed by atoms with van der Waals surface area (Å²) in [6.45, 7) is 7.47. The Labute approximate surface area is 155 Å². The molecule has 0 aliphatic heterocycles. The van der Waals surface area contributed by atoms with Crippen LogP contribution in [0.2, 0.25) is 0 Å². The molecule has 1 amide bonds. The number of nitrogens with two attached hydrogens (primary N) is 1. The molecule has 26 heavy (non-hydrogen) atoms. The summed E-state index contributed by atoms with van der Waals surface area (Å²) >= 11 is 0. The van der Waals surface area contributed by atoms with Crippen molar-refractivity contribution >= 4 is 11.7 Å². The summed E-state index contributed by atoms with van der Waals surface area (Å²) in [5.74, 6) is 0.0729. The van der Waals surface area contributed by atoms with Crippen molar-refractivity contribution in [3.05, 3.63) is 23.5 Å². The molecule has 0 saturated heterocycles. The van der Waals surface area contributed by atoms with Crippen LogP contribution >= 0.6 is 0 Å². The molecule has 0 bridgehead atoms. The lowest BCUT2D eigenvalue weighted by atomic mass is 10.0. The number of hydrogen-bond donors (Lipinski definition) is 2. The summed E-state index contributed by atoms with van der Waals surface area (Å²) in [6.07, 6.45) is 2.05. The maximum absolute atomic E-state index is 12.6. The number of Topliss-reactive ketones (excluding diaryl/α,β-unsaturated/α-hetero) is 1. The Kier molecular flexibility index (Phi) is 8.68. The van der Waals surface area contributed by atoms with Crippen LogP contribution in [0.15, 0.2) is 12.1 Å². The molecule has 1 unspecified atom stereocenters. The number of carbonyl (C=O) groups is 2. The van der Waals surface area contributed by atoms with Gasteiger partial charge in [0, 0.05) is 30.6 Å². The van der Waals surface area contributed by atoms with Crippen LogP contribution in [0.1, 0.15) is 44.5 Å². The molecule has 0 aromatic carbocycles. The Hall–Kier alpha value is -1.99. The number of ether oxygens (including phenoxy) is 2. The van der Waals surface area contributed by atoms with Crippen molar-refractivity contribution in [2.45, 2.75) is 58.6 Å². The number of pyridine rings is 1. The van der Waals surface area contributed by atoms with E-state index in [2.05, 4.69) is 10.3 Å². The first-order chi connectivity index (χ1) is 12.2. The molecule has 7 nitrogen and oxygen atoms in total. The van der Waals surface area contributed by atoms with E-state index in [4.69, 9.17) is 15.2 Å². The predicted molar refractivity (Wildman–Crippen MR) is 100 cm³/mol. The van der Waals surface area contributed by atoms with E-state index in [1.807, 2.05) is 13.8 Å². The van der Waals surface area contributed by atoms with Gasteiger partial charge in [0.2, 0.25) is 0 Å². The van der Waals surface area contributed by atoms with E-state index < -0.39 is 11.6 Å². The predicted octanol–water partition coefficient (Wildman–Crippen LogP) is 1.69.